The molecule has 222 valence electrons. The number of Topliss-reactive ketones (excluding diaryl/α,β-unsaturated/α-hetero) is 1. The summed E-state index contributed by atoms with van der Waals surface area (Å²) in [6.45, 7) is 2.67. The van der Waals surface area contributed by atoms with E-state index in [0.717, 1.165) is 18.4 Å². The minimum atomic E-state index is -0.986. The topological polar surface area (TPSA) is 111 Å². The van der Waals surface area contributed by atoms with Crippen molar-refractivity contribution in [2.45, 2.75) is 35.9 Å². The lowest BCUT2D eigenvalue weighted by Crippen LogP contribution is -2.29. The summed E-state index contributed by atoms with van der Waals surface area (Å²) in [6, 6.07) is 20.9. The van der Waals surface area contributed by atoms with Crippen LogP contribution in [0.15, 0.2) is 82.7 Å². The Morgan fingerprint density at radius 2 is 1.72 bits per heavy atom. The molecule has 4 aromatic rings. The smallest absolute Gasteiger partial charge is 0.301 e. The number of anilines is 1. The first-order valence-electron chi connectivity index (χ1n) is 13.7. The van der Waals surface area contributed by atoms with Crippen LogP contribution in [0, 0.1) is 0 Å². The maximum absolute atomic E-state index is 13.6. The molecular formula is C32H31N3O6S2. The van der Waals surface area contributed by atoms with Crippen LogP contribution in [0.3, 0.4) is 0 Å². The molecule has 2 heterocycles. The van der Waals surface area contributed by atoms with Gasteiger partial charge in [0.2, 0.25) is 5.13 Å². The fourth-order valence-corrected chi connectivity index (χ4v) is 6.47. The molecule has 3 aromatic carbocycles. The standard InChI is InChI=1S/C32H31N3O6S2/c1-4-5-17-41-23-14-11-21(12-15-23)28(36)26-27(22-13-16-24(39-2)25(18-22)40-3)35(30(38)29(26)37)31-33-34-32(43-31)42-19-20-9-7-6-8-10-20/h6-16,18,27,36H,4-5,17,19H2,1-3H3. The van der Waals surface area contributed by atoms with Gasteiger partial charge in [0.05, 0.1) is 32.4 Å². The van der Waals surface area contributed by atoms with Gasteiger partial charge in [-0.2, -0.15) is 0 Å². The van der Waals surface area contributed by atoms with Crippen molar-refractivity contribution < 1.29 is 28.9 Å². The molecule has 1 unspecified atom stereocenters. The van der Waals surface area contributed by atoms with E-state index in [4.69, 9.17) is 14.2 Å². The summed E-state index contributed by atoms with van der Waals surface area (Å²) in [5, 5.41) is 20.3. The van der Waals surface area contributed by atoms with Crippen LogP contribution in [-0.4, -0.2) is 47.8 Å². The average molecular weight is 618 g/mol. The summed E-state index contributed by atoms with van der Waals surface area (Å²) in [7, 11) is 3.03. The number of methoxy groups -OCH3 is 2. The molecular weight excluding hydrogens is 587 g/mol. The van der Waals surface area contributed by atoms with E-state index in [0.29, 0.717) is 45.1 Å². The molecule has 1 atom stereocenters. The van der Waals surface area contributed by atoms with Gasteiger partial charge in [0, 0.05) is 11.3 Å². The number of amides is 1. The second-order valence-electron chi connectivity index (χ2n) is 9.63. The molecule has 43 heavy (non-hydrogen) atoms. The number of hydrogen-bond donors (Lipinski definition) is 1. The van der Waals surface area contributed by atoms with Crippen molar-refractivity contribution >= 4 is 45.7 Å². The van der Waals surface area contributed by atoms with E-state index >= 15 is 0 Å². The summed E-state index contributed by atoms with van der Waals surface area (Å²) in [4.78, 5) is 28.5. The van der Waals surface area contributed by atoms with Gasteiger partial charge in [-0.25, -0.2) is 0 Å². The predicted molar refractivity (Wildman–Crippen MR) is 167 cm³/mol. The number of unbranched alkanes of at least 4 members (excludes halogenated alkanes) is 1. The molecule has 1 amide bonds. The molecule has 11 heteroatoms. The van der Waals surface area contributed by atoms with Gasteiger partial charge in [0.25, 0.3) is 5.78 Å². The third-order valence-electron chi connectivity index (χ3n) is 6.87. The zero-order valence-electron chi connectivity index (χ0n) is 24.0. The molecule has 1 aliphatic rings. The van der Waals surface area contributed by atoms with Gasteiger partial charge in [-0.1, -0.05) is 72.8 Å². The molecule has 1 N–H and O–H groups in total. The lowest BCUT2D eigenvalue weighted by Gasteiger charge is -2.23. The van der Waals surface area contributed by atoms with Crippen molar-refractivity contribution in [3.05, 3.63) is 95.1 Å². The van der Waals surface area contributed by atoms with Crippen LogP contribution in [0.4, 0.5) is 5.13 Å². The van der Waals surface area contributed by atoms with Crippen LogP contribution in [0.5, 0.6) is 17.2 Å². The third-order valence-corrected chi connectivity index (χ3v) is 9.00. The lowest BCUT2D eigenvalue weighted by molar-refractivity contribution is -0.132. The lowest BCUT2D eigenvalue weighted by atomic mass is 9.95. The van der Waals surface area contributed by atoms with Crippen molar-refractivity contribution in [2.75, 3.05) is 25.7 Å². The molecule has 9 nitrogen and oxygen atoms in total. The largest absolute Gasteiger partial charge is 0.507 e. The Morgan fingerprint density at radius 3 is 2.42 bits per heavy atom. The molecule has 0 aliphatic carbocycles. The third kappa shape index (κ3) is 6.52. The van der Waals surface area contributed by atoms with Crippen LogP contribution in [0.2, 0.25) is 0 Å². The summed E-state index contributed by atoms with van der Waals surface area (Å²) in [5.74, 6) is 0.282. The Balaban J connectivity index is 1.54. The number of aromatic nitrogens is 2. The second-order valence-corrected chi connectivity index (χ2v) is 11.8. The number of nitrogens with zero attached hydrogens (tertiary/aromatic N) is 3. The average Bonchev–Trinajstić information content (AvgIpc) is 3.62. The molecule has 0 bridgehead atoms. The zero-order chi connectivity index (χ0) is 30.3. The molecule has 1 fully saturated rings. The zero-order valence-corrected chi connectivity index (χ0v) is 25.6. The van der Waals surface area contributed by atoms with Gasteiger partial charge >= 0.3 is 5.91 Å². The minimum Gasteiger partial charge on any atom is -0.507 e. The molecule has 1 saturated heterocycles. The van der Waals surface area contributed by atoms with Gasteiger partial charge < -0.3 is 19.3 Å². The number of ketones is 1. The van der Waals surface area contributed by atoms with Gasteiger partial charge in [0.15, 0.2) is 15.8 Å². The molecule has 1 aromatic heterocycles. The van der Waals surface area contributed by atoms with Gasteiger partial charge in [0.1, 0.15) is 11.5 Å². The monoisotopic (exact) mass is 617 g/mol. The van der Waals surface area contributed by atoms with E-state index < -0.39 is 17.7 Å². The van der Waals surface area contributed by atoms with E-state index in [1.807, 2.05) is 30.3 Å². The summed E-state index contributed by atoms with van der Waals surface area (Å²) < 4.78 is 17.3. The number of hydrogen-bond acceptors (Lipinski definition) is 10. The Morgan fingerprint density at radius 1 is 0.977 bits per heavy atom. The minimum absolute atomic E-state index is 0.0643. The first-order valence-corrected chi connectivity index (χ1v) is 15.5. The number of benzene rings is 3. The number of ether oxygens (including phenoxy) is 3. The highest BCUT2D eigenvalue weighted by Gasteiger charge is 2.48. The molecule has 5 rings (SSSR count). The van der Waals surface area contributed by atoms with E-state index in [1.165, 1.54) is 42.2 Å². The van der Waals surface area contributed by atoms with Crippen molar-refractivity contribution in [1.29, 1.82) is 0 Å². The van der Waals surface area contributed by atoms with Gasteiger partial charge in [-0.15, -0.1) is 10.2 Å². The maximum atomic E-state index is 13.6. The Bertz CT molecular complexity index is 1620. The number of rotatable bonds is 12. The SMILES string of the molecule is CCCCOc1ccc(C(O)=C2C(=O)C(=O)N(c3nnc(SCc4ccccc4)s3)C2c2ccc(OC)c(OC)c2)cc1. The summed E-state index contributed by atoms with van der Waals surface area (Å²) in [5.41, 5.74) is 1.97. The first kappa shape index (κ1) is 30.1. The molecule has 0 saturated carbocycles. The van der Waals surface area contributed by atoms with Gasteiger partial charge in [-0.3, -0.25) is 14.5 Å². The Hall–Kier alpha value is -4.35. The maximum Gasteiger partial charge on any atom is 0.301 e. The van der Waals surface area contributed by atoms with Crippen LogP contribution in [0.25, 0.3) is 5.76 Å². The van der Waals surface area contributed by atoms with E-state index in [2.05, 4.69) is 17.1 Å². The van der Waals surface area contributed by atoms with Crippen molar-refractivity contribution in [3.8, 4) is 17.2 Å². The van der Waals surface area contributed by atoms with Crippen LogP contribution in [0.1, 0.15) is 42.5 Å². The molecule has 1 aliphatic heterocycles. The summed E-state index contributed by atoms with van der Waals surface area (Å²) >= 11 is 2.70. The number of carbonyl (C=O) groups excluding carboxylic acids is 2. The quantitative estimate of drug-likeness (QED) is 0.0466. The van der Waals surface area contributed by atoms with E-state index in [-0.39, 0.29) is 16.5 Å². The van der Waals surface area contributed by atoms with Crippen LogP contribution >= 0.6 is 23.1 Å². The number of thioether (sulfide) groups is 1. The highest BCUT2D eigenvalue weighted by Crippen LogP contribution is 2.45. The highest BCUT2D eigenvalue weighted by molar-refractivity contribution is 8.00. The molecule has 0 spiro atoms. The molecule has 0 radical (unpaired) electrons. The van der Waals surface area contributed by atoms with Crippen LogP contribution in [-0.2, 0) is 15.3 Å². The van der Waals surface area contributed by atoms with Crippen LogP contribution < -0.4 is 19.1 Å². The fourth-order valence-electron chi connectivity index (χ4n) is 4.64. The second kappa shape index (κ2) is 13.7. The van der Waals surface area contributed by atoms with E-state index in [9.17, 15) is 14.7 Å². The van der Waals surface area contributed by atoms with E-state index in [1.54, 1.807) is 42.5 Å². The van der Waals surface area contributed by atoms with Gasteiger partial charge in [-0.05, 0) is 53.9 Å². The first-order chi connectivity index (χ1) is 20.9. The van der Waals surface area contributed by atoms with Crippen molar-refractivity contribution in [3.63, 3.8) is 0 Å². The number of aliphatic hydroxyl groups excluding tert-OH is 1. The van der Waals surface area contributed by atoms with Crippen molar-refractivity contribution in [2.24, 2.45) is 0 Å². The number of aliphatic hydroxyl groups is 1. The summed E-state index contributed by atoms with van der Waals surface area (Å²) in [6.07, 6.45) is 1.94. The predicted octanol–water partition coefficient (Wildman–Crippen LogP) is 6.65. The highest BCUT2D eigenvalue weighted by atomic mass is 32.2. The normalized spacial score (nSPS) is 16.0. The van der Waals surface area contributed by atoms with Crippen molar-refractivity contribution in [1.82, 2.24) is 10.2 Å². The Labute approximate surface area is 258 Å². The number of carbonyl (C=O) groups is 2. The Kier molecular flexibility index (Phi) is 9.63. The fraction of sp³-hybridized carbons (Fsp3) is 0.250.